The van der Waals surface area contributed by atoms with Crippen molar-refractivity contribution >= 4 is 23.2 Å². The van der Waals surface area contributed by atoms with Gasteiger partial charge in [-0.3, -0.25) is 4.79 Å². The van der Waals surface area contributed by atoms with E-state index in [2.05, 4.69) is 17.5 Å². The molecule has 0 radical (unpaired) electrons. The van der Waals surface area contributed by atoms with Crippen molar-refractivity contribution in [1.29, 1.82) is 0 Å². The molecule has 0 spiro atoms. The van der Waals surface area contributed by atoms with Gasteiger partial charge in [0.15, 0.2) is 5.11 Å². The van der Waals surface area contributed by atoms with E-state index in [1.54, 1.807) is 0 Å². The van der Waals surface area contributed by atoms with Gasteiger partial charge in [0.05, 0.1) is 6.04 Å². The van der Waals surface area contributed by atoms with Crippen LogP contribution in [0.1, 0.15) is 6.42 Å². The standard InChI is InChI=1S/C6H13N3O2S/c1-11-3-2-4(7)5(10)9-6(8)12/h4H,2-3,7H2,1H3,(H3,8,9,10,12)/t4-/m0/s1. The molecule has 0 aliphatic heterocycles. The lowest BCUT2D eigenvalue weighted by Crippen LogP contribution is -2.45. The van der Waals surface area contributed by atoms with Crippen LogP contribution in [0.15, 0.2) is 0 Å². The fourth-order valence-electron chi connectivity index (χ4n) is 0.590. The number of hydrogen-bond donors (Lipinski definition) is 3. The number of ether oxygens (including phenoxy) is 1. The maximum Gasteiger partial charge on any atom is 0.243 e. The summed E-state index contributed by atoms with van der Waals surface area (Å²) in [7, 11) is 1.54. The molecular formula is C6H13N3O2S. The number of thiocarbonyl (C=S) groups is 1. The molecule has 0 rings (SSSR count). The van der Waals surface area contributed by atoms with Gasteiger partial charge in [-0.05, 0) is 18.6 Å². The molecular weight excluding hydrogens is 178 g/mol. The molecule has 5 N–H and O–H groups in total. The Morgan fingerprint density at radius 3 is 2.75 bits per heavy atom. The minimum absolute atomic E-state index is 0.0622. The molecule has 0 unspecified atom stereocenters. The first-order chi connectivity index (χ1) is 5.57. The minimum Gasteiger partial charge on any atom is -0.385 e. The van der Waals surface area contributed by atoms with Crippen molar-refractivity contribution in [1.82, 2.24) is 5.32 Å². The Balaban J connectivity index is 3.69. The summed E-state index contributed by atoms with van der Waals surface area (Å²) in [6.45, 7) is 0.436. The highest BCUT2D eigenvalue weighted by Gasteiger charge is 2.12. The Morgan fingerprint density at radius 2 is 2.33 bits per heavy atom. The molecule has 1 amide bonds. The van der Waals surface area contributed by atoms with Crippen LogP contribution in [0.3, 0.4) is 0 Å². The molecule has 0 aromatic rings. The average Bonchev–Trinajstić information content (AvgIpc) is 1.98. The van der Waals surface area contributed by atoms with E-state index in [0.29, 0.717) is 13.0 Å². The first-order valence-electron chi connectivity index (χ1n) is 3.42. The van der Waals surface area contributed by atoms with Crippen molar-refractivity contribution in [3.63, 3.8) is 0 Å². The predicted octanol–water partition coefficient (Wildman–Crippen LogP) is -1.29. The molecule has 1 atom stereocenters. The SMILES string of the molecule is COCC[C@H](N)C(=O)NC(N)=S. The summed E-state index contributed by atoms with van der Waals surface area (Å²) in [6.07, 6.45) is 0.449. The second-order valence-corrected chi connectivity index (χ2v) is 2.68. The lowest BCUT2D eigenvalue weighted by molar-refractivity contribution is -0.121. The Morgan fingerprint density at radius 1 is 1.75 bits per heavy atom. The van der Waals surface area contributed by atoms with Gasteiger partial charge in [-0.15, -0.1) is 0 Å². The molecule has 0 aliphatic carbocycles. The van der Waals surface area contributed by atoms with Crippen LogP contribution in [0.25, 0.3) is 0 Å². The number of methoxy groups -OCH3 is 1. The minimum atomic E-state index is -0.619. The summed E-state index contributed by atoms with van der Waals surface area (Å²) in [4.78, 5) is 11.0. The maximum absolute atomic E-state index is 11.0. The van der Waals surface area contributed by atoms with Crippen LogP contribution in [0.5, 0.6) is 0 Å². The lowest BCUT2D eigenvalue weighted by atomic mass is 10.2. The monoisotopic (exact) mass is 191 g/mol. The van der Waals surface area contributed by atoms with Crippen LogP contribution in [0, 0.1) is 0 Å². The van der Waals surface area contributed by atoms with Gasteiger partial charge in [0.2, 0.25) is 5.91 Å². The zero-order valence-corrected chi connectivity index (χ0v) is 7.69. The second kappa shape index (κ2) is 5.87. The van der Waals surface area contributed by atoms with Crippen LogP contribution in [-0.4, -0.2) is 30.8 Å². The molecule has 0 aromatic heterocycles. The summed E-state index contributed by atoms with van der Waals surface area (Å²) in [5.41, 5.74) is 10.5. The second-order valence-electron chi connectivity index (χ2n) is 2.24. The highest BCUT2D eigenvalue weighted by molar-refractivity contribution is 7.80. The van der Waals surface area contributed by atoms with Gasteiger partial charge < -0.3 is 21.5 Å². The van der Waals surface area contributed by atoms with Gasteiger partial charge >= 0.3 is 0 Å². The molecule has 5 nitrogen and oxygen atoms in total. The molecule has 12 heavy (non-hydrogen) atoms. The third-order valence-corrected chi connectivity index (χ3v) is 1.32. The quantitative estimate of drug-likeness (QED) is 0.481. The van der Waals surface area contributed by atoms with Crippen molar-refractivity contribution in [2.45, 2.75) is 12.5 Å². The maximum atomic E-state index is 11.0. The van der Waals surface area contributed by atoms with Crippen LogP contribution in [0.4, 0.5) is 0 Å². The van der Waals surface area contributed by atoms with Crippen molar-refractivity contribution in [3.05, 3.63) is 0 Å². The van der Waals surface area contributed by atoms with E-state index < -0.39 is 6.04 Å². The topological polar surface area (TPSA) is 90.4 Å². The zero-order valence-electron chi connectivity index (χ0n) is 6.87. The average molecular weight is 191 g/mol. The number of rotatable bonds is 4. The highest BCUT2D eigenvalue weighted by Crippen LogP contribution is 1.88. The first kappa shape index (κ1) is 11.3. The largest absolute Gasteiger partial charge is 0.385 e. The highest BCUT2D eigenvalue weighted by atomic mass is 32.1. The molecule has 0 saturated heterocycles. The van der Waals surface area contributed by atoms with E-state index in [1.807, 2.05) is 0 Å². The third-order valence-electron chi connectivity index (χ3n) is 1.22. The van der Waals surface area contributed by atoms with Crippen LogP contribution >= 0.6 is 12.2 Å². The van der Waals surface area contributed by atoms with E-state index >= 15 is 0 Å². The first-order valence-corrected chi connectivity index (χ1v) is 3.83. The summed E-state index contributed by atoms with van der Waals surface area (Å²) in [5.74, 6) is -0.375. The Labute approximate surface area is 76.4 Å². The fourth-order valence-corrected chi connectivity index (χ4v) is 0.691. The fraction of sp³-hybridized carbons (Fsp3) is 0.667. The van der Waals surface area contributed by atoms with Crippen LogP contribution < -0.4 is 16.8 Å². The Hall–Kier alpha value is -0.720. The van der Waals surface area contributed by atoms with Crippen LogP contribution in [-0.2, 0) is 9.53 Å². The molecule has 0 heterocycles. The van der Waals surface area contributed by atoms with Gasteiger partial charge in [0, 0.05) is 13.7 Å². The number of nitrogens with two attached hydrogens (primary N) is 2. The van der Waals surface area contributed by atoms with Gasteiger partial charge in [0.25, 0.3) is 0 Å². The number of hydrogen-bond acceptors (Lipinski definition) is 4. The van der Waals surface area contributed by atoms with Crippen molar-refractivity contribution in [3.8, 4) is 0 Å². The van der Waals surface area contributed by atoms with E-state index in [9.17, 15) is 4.79 Å². The molecule has 0 aromatic carbocycles. The molecule has 0 aliphatic rings. The number of carbonyl (C=O) groups excluding carboxylic acids is 1. The summed E-state index contributed by atoms with van der Waals surface area (Å²) in [5, 5.41) is 2.18. The van der Waals surface area contributed by atoms with Gasteiger partial charge in [-0.1, -0.05) is 0 Å². The summed E-state index contributed by atoms with van der Waals surface area (Å²) >= 11 is 4.46. The zero-order chi connectivity index (χ0) is 9.56. The Kier molecular flexibility index (Phi) is 5.52. The summed E-state index contributed by atoms with van der Waals surface area (Å²) < 4.78 is 4.74. The van der Waals surface area contributed by atoms with E-state index in [-0.39, 0.29) is 11.0 Å². The predicted molar refractivity (Wildman–Crippen MR) is 49.4 cm³/mol. The van der Waals surface area contributed by atoms with Gasteiger partial charge in [0.1, 0.15) is 0 Å². The van der Waals surface area contributed by atoms with Crippen molar-refractivity contribution < 1.29 is 9.53 Å². The molecule has 0 saturated carbocycles. The molecule has 0 fully saturated rings. The number of nitrogens with one attached hydrogen (secondary N) is 1. The number of amides is 1. The van der Waals surface area contributed by atoms with Crippen LogP contribution in [0.2, 0.25) is 0 Å². The Bertz CT molecular complexity index is 174. The normalized spacial score (nSPS) is 12.2. The van der Waals surface area contributed by atoms with Gasteiger partial charge in [-0.2, -0.15) is 0 Å². The molecule has 6 heteroatoms. The van der Waals surface area contributed by atoms with E-state index in [4.69, 9.17) is 16.2 Å². The van der Waals surface area contributed by atoms with E-state index in [0.717, 1.165) is 0 Å². The smallest absolute Gasteiger partial charge is 0.243 e. The van der Waals surface area contributed by atoms with Crippen molar-refractivity contribution in [2.24, 2.45) is 11.5 Å². The van der Waals surface area contributed by atoms with E-state index in [1.165, 1.54) is 7.11 Å². The van der Waals surface area contributed by atoms with Crippen molar-refractivity contribution in [2.75, 3.05) is 13.7 Å². The molecule has 70 valence electrons. The number of carbonyl (C=O) groups is 1. The summed E-state index contributed by atoms with van der Waals surface area (Å²) in [6, 6.07) is -0.619. The van der Waals surface area contributed by atoms with Gasteiger partial charge in [-0.25, -0.2) is 0 Å². The molecule has 0 bridgehead atoms. The lowest BCUT2D eigenvalue weighted by Gasteiger charge is -2.09. The third kappa shape index (κ3) is 5.00.